The maximum Gasteiger partial charge on any atom is 0.118 e. The molecule has 0 spiro atoms. The van der Waals surface area contributed by atoms with Crippen molar-refractivity contribution >= 4 is 16.3 Å². The normalized spacial score (nSPS) is 9.70. The average Bonchev–Trinajstić information content (AvgIpc) is 1.95. The molecular formula is C9H11Al. The Balaban J connectivity index is 2.69. The summed E-state index contributed by atoms with van der Waals surface area (Å²) in [7, 11) is 0. The minimum absolute atomic E-state index is 1.16. The molecule has 10 heavy (non-hydrogen) atoms. The van der Waals surface area contributed by atoms with Crippen LogP contribution in [0.1, 0.15) is 11.1 Å². The molecule has 0 unspecified atom stereocenters. The zero-order valence-electron chi connectivity index (χ0n) is 6.30. The molecule has 0 bridgehead atoms. The van der Waals surface area contributed by atoms with Crippen LogP contribution >= 0.6 is 0 Å². The van der Waals surface area contributed by atoms with Gasteiger partial charge in [0.1, 0.15) is 16.3 Å². The number of rotatable bonds is 2. The van der Waals surface area contributed by atoms with Crippen LogP contribution in [0.15, 0.2) is 24.3 Å². The van der Waals surface area contributed by atoms with E-state index < -0.39 is 0 Å². The molecule has 50 valence electrons. The second kappa shape index (κ2) is 3.81. The van der Waals surface area contributed by atoms with Gasteiger partial charge in [-0.2, -0.15) is 0 Å². The molecule has 0 amide bonds. The molecule has 1 aromatic rings. The van der Waals surface area contributed by atoms with E-state index in [2.05, 4.69) is 47.5 Å². The van der Waals surface area contributed by atoms with E-state index in [1.807, 2.05) is 0 Å². The van der Waals surface area contributed by atoms with Crippen molar-refractivity contribution < 1.29 is 0 Å². The monoisotopic (exact) mass is 146 g/mol. The number of benzene rings is 1. The molecule has 1 rings (SSSR count). The fourth-order valence-electron chi connectivity index (χ4n) is 0.921. The highest BCUT2D eigenvalue weighted by Gasteiger charge is 1.87. The first-order chi connectivity index (χ1) is 4.83. The second-order valence-corrected chi connectivity index (χ2v) is 3.10. The SMILES string of the molecule is Cc1ccc(C[CH2][Al])cc1. The van der Waals surface area contributed by atoms with Gasteiger partial charge in [0.15, 0.2) is 0 Å². The largest absolute Gasteiger partial charge is 0.118 e. The van der Waals surface area contributed by atoms with E-state index in [4.69, 9.17) is 0 Å². The summed E-state index contributed by atoms with van der Waals surface area (Å²) >= 11 is 2.74. The van der Waals surface area contributed by atoms with Crippen molar-refractivity contribution in [2.24, 2.45) is 0 Å². The van der Waals surface area contributed by atoms with Crippen molar-refractivity contribution in [3.8, 4) is 0 Å². The van der Waals surface area contributed by atoms with Crippen molar-refractivity contribution in [1.29, 1.82) is 0 Å². The van der Waals surface area contributed by atoms with Crippen LogP contribution in [0, 0.1) is 6.92 Å². The summed E-state index contributed by atoms with van der Waals surface area (Å²) in [6.45, 7) is 2.12. The molecule has 0 aliphatic carbocycles. The van der Waals surface area contributed by atoms with Crippen LogP contribution in [0.2, 0.25) is 5.28 Å². The summed E-state index contributed by atoms with van der Waals surface area (Å²) in [4.78, 5) is 0. The topological polar surface area (TPSA) is 0 Å². The minimum atomic E-state index is 1.16. The van der Waals surface area contributed by atoms with Crippen LogP contribution in [0.5, 0.6) is 0 Å². The van der Waals surface area contributed by atoms with Gasteiger partial charge in [-0.15, -0.1) is 5.28 Å². The van der Waals surface area contributed by atoms with Gasteiger partial charge in [-0.05, 0) is 18.9 Å². The highest BCUT2D eigenvalue weighted by molar-refractivity contribution is 6.08. The smallest absolute Gasteiger partial charge is 0.114 e. The Morgan fingerprint density at radius 2 is 1.80 bits per heavy atom. The van der Waals surface area contributed by atoms with Gasteiger partial charge in [0.25, 0.3) is 0 Å². The van der Waals surface area contributed by atoms with Gasteiger partial charge in [-0.25, -0.2) is 0 Å². The van der Waals surface area contributed by atoms with Gasteiger partial charge in [0, 0.05) is 0 Å². The second-order valence-electron chi connectivity index (χ2n) is 2.52. The van der Waals surface area contributed by atoms with Gasteiger partial charge in [0.2, 0.25) is 0 Å². The van der Waals surface area contributed by atoms with E-state index in [0.29, 0.717) is 0 Å². The van der Waals surface area contributed by atoms with Crippen LogP contribution < -0.4 is 0 Å². The van der Waals surface area contributed by atoms with E-state index in [-0.39, 0.29) is 0 Å². The summed E-state index contributed by atoms with van der Waals surface area (Å²) < 4.78 is 0. The fourth-order valence-corrected chi connectivity index (χ4v) is 1.25. The molecule has 0 N–H and O–H groups in total. The minimum Gasteiger partial charge on any atom is -0.114 e. The molecule has 2 radical (unpaired) electrons. The molecule has 0 saturated heterocycles. The molecule has 0 fully saturated rings. The lowest BCUT2D eigenvalue weighted by Crippen LogP contribution is -1.82. The third-order valence-electron chi connectivity index (χ3n) is 1.55. The average molecular weight is 146 g/mol. The Morgan fingerprint density at radius 1 is 1.20 bits per heavy atom. The quantitative estimate of drug-likeness (QED) is 0.560. The van der Waals surface area contributed by atoms with Crippen molar-refractivity contribution in [2.75, 3.05) is 0 Å². The lowest BCUT2D eigenvalue weighted by molar-refractivity contribution is 1.13. The standard InChI is InChI=1S/C9H11.Al/c1-3-9-6-4-8(2)5-7-9;/h4-7H,1,3H2,2H3;. The predicted octanol–water partition coefficient (Wildman–Crippen LogP) is 2.12. The molecular weight excluding hydrogens is 135 g/mol. The van der Waals surface area contributed by atoms with E-state index in [0.717, 1.165) is 5.28 Å². The third kappa shape index (κ3) is 2.17. The maximum absolute atomic E-state index is 2.74. The summed E-state index contributed by atoms with van der Waals surface area (Å²) in [5.41, 5.74) is 2.77. The fraction of sp³-hybridized carbons (Fsp3) is 0.333. The molecule has 0 aliphatic heterocycles. The van der Waals surface area contributed by atoms with E-state index >= 15 is 0 Å². The predicted molar refractivity (Wildman–Crippen MR) is 45.4 cm³/mol. The van der Waals surface area contributed by atoms with Crippen molar-refractivity contribution in [3.63, 3.8) is 0 Å². The zero-order valence-corrected chi connectivity index (χ0v) is 7.46. The zero-order chi connectivity index (χ0) is 7.40. The van der Waals surface area contributed by atoms with E-state index in [1.165, 1.54) is 17.5 Å². The van der Waals surface area contributed by atoms with Gasteiger partial charge in [-0.1, -0.05) is 29.8 Å². The summed E-state index contributed by atoms with van der Waals surface area (Å²) in [6.07, 6.45) is 1.17. The molecule has 1 heteroatoms. The van der Waals surface area contributed by atoms with Crippen molar-refractivity contribution in [1.82, 2.24) is 0 Å². The number of aryl methyl sites for hydroxylation is 2. The third-order valence-corrected chi connectivity index (χ3v) is 1.84. The van der Waals surface area contributed by atoms with E-state index in [1.54, 1.807) is 0 Å². The number of hydrogen-bond donors (Lipinski definition) is 0. The molecule has 0 atom stereocenters. The first-order valence-corrected chi connectivity index (χ1v) is 4.40. The summed E-state index contributed by atoms with van der Waals surface area (Å²) in [5, 5.41) is 1.16. The summed E-state index contributed by atoms with van der Waals surface area (Å²) in [5.74, 6) is 0. The van der Waals surface area contributed by atoms with Crippen LogP contribution in [-0.4, -0.2) is 16.3 Å². The Hall–Kier alpha value is -0.248. The van der Waals surface area contributed by atoms with Crippen LogP contribution in [0.4, 0.5) is 0 Å². The molecule has 0 heterocycles. The molecule has 1 aromatic carbocycles. The molecule has 0 nitrogen and oxygen atoms in total. The Kier molecular flexibility index (Phi) is 2.99. The summed E-state index contributed by atoms with van der Waals surface area (Å²) in [6, 6.07) is 8.71. The maximum atomic E-state index is 2.74. The molecule has 0 saturated carbocycles. The lowest BCUT2D eigenvalue weighted by atomic mass is 10.1. The van der Waals surface area contributed by atoms with E-state index in [9.17, 15) is 0 Å². The van der Waals surface area contributed by atoms with Crippen LogP contribution in [0.25, 0.3) is 0 Å². The lowest BCUT2D eigenvalue weighted by Gasteiger charge is -1.97. The molecule has 0 aliphatic rings. The highest BCUT2D eigenvalue weighted by Crippen LogP contribution is 2.04. The van der Waals surface area contributed by atoms with Crippen LogP contribution in [0.3, 0.4) is 0 Å². The Labute approximate surface area is 70.7 Å². The Morgan fingerprint density at radius 3 is 2.30 bits per heavy atom. The van der Waals surface area contributed by atoms with Gasteiger partial charge in [0.05, 0.1) is 0 Å². The number of hydrogen-bond acceptors (Lipinski definition) is 0. The first kappa shape index (κ1) is 7.86. The first-order valence-electron chi connectivity index (χ1n) is 3.58. The van der Waals surface area contributed by atoms with Gasteiger partial charge < -0.3 is 0 Å². The Bertz CT molecular complexity index is 188. The van der Waals surface area contributed by atoms with Gasteiger partial charge in [-0.3, -0.25) is 0 Å². The highest BCUT2D eigenvalue weighted by atomic mass is 27.0. The van der Waals surface area contributed by atoms with Crippen molar-refractivity contribution in [2.45, 2.75) is 18.6 Å². The molecule has 0 aromatic heterocycles. The van der Waals surface area contributed by atoms with Gasteiger partial charge >= 0.3 is 0 Å². The van der Waals surface area contributed by atoms with Crippen molar-refractivity contribution in [3.05, 3.63) is 35.4 Å². The van der Waals surface area contributed by atoms with Crippen LogP contribution in [-0.2, 0) is 6.42 Å².